The summed E-state index contributed by atoms with van der Waals surface area (Å²) in [7, 11) is 0. The molecule has 12 aromatic carbocycles. The highest BCUT2D eigenvalue weighted by Gasteiger charge is 2.39. The van der Waals surface area contributed by atoms with Crippen molar-refractivity contribution in [3.05, 3.63) is 272 Å². The molecule has 0 bridgehead atoms. The number of fused-ring (bicyclic) bond motifs is 6. The van der Waals surface area contributed by atoms with E-state index in [2.05, 4.69) is 291 Å². The summed E-state index contributed by atoms with van der Waals surface area (Å²) >= 11 is 3.85. The summed E-state index contributed by atoms with van der Waals surface area (Å²) in [5.74, 6) is 0.314. The van der Waals surface area contributed by atoms with Gasteiger partial charge in [-0.2, -0.15) is 0 Å². The van der Waals surface area contributed by atoms with Gasteiger partial charge in [0.2, 0.25) is 6.71 Å². The van der Waals surface area contributed by atoms with E-state index in [4.69, 9.17) is 0 Å². The van der Waals surface area contributed by atoms with Crippen molar-refractivity contribution in [2.45, 2.75) is 39.3 Å². The second-order valence-corrected chi connectivity index (χ2v) is 22.4. The lowest BCUT2D eigenvalue weighted by molar-refractivity contribution is 0.867. The molecule has 0 saturated heterocycles. The SMILES string of the molecule is CC(C)c1cc(-c2cc3c4c(c2)Sc2cc(N(c5ccccc5)c5ccccc5)ccc2B4c2ccc(N(c4ccccc4)c4ccccc4)cc2S3)cc(-c2c3ccccc3c(-c3ccccc3)c3ccccc23)c1. The predicted molar refractivity (Wildman–Crippen MR) is 327 cm³/mol. The molecule has 0 N–H and O–H groups in total. The fraction of sp³-hybridized carbons (Fsp3) is 0.0423. The van der Waals surface area contributed by atoms with Crippen LogP contribution in [-0.4, -0.2) is 6.71 Å². The maximum Gasteiger partial charge on any atom is 0.247 e. The number of hydrogen-bond donors (Lipinski definition) is 0. The Bertz CT molecular complexity index is 3850. The first-order chi connectivity index (χ1) is 37.5. The Labute approximate surface area is 454 Å². The fourth-order valence-corrected chi connectivity index (χ4v) is 14.3. The molecule has 360 valence electrons. The van der Waals surface area contributed by atoms with Gasteiger partial charge in [0, 0.05) is 53.7 Å². The Hall–Kier alpha value is -8.48. The van der Waals surface area contributed by atoms with Gasteiger partial charge in [0.05, 0.1) is 0 Å². The topological polar surface area (TPSA) is 6.48 Å². The summed E-state index contributed by atoms with van der Waals surface area (Å²) in [4.78, 5) is 9.95. The van der Waals surface area contributed by atoms with Gasteiger partial charge in [-0.15, -0.1) is 0 Å². The average molecular weight is 1010 g/mol. The number of benzene rings is 12. The normalized spacial score (nSPS) is 12.3. The van der Waals surface area contributed by atoms with Gasteiger partial charge in [0.15, 0.2) is 0 Å². The maximum absolute atomic E-state index is 2.50. The van der Waals surface area contributed by atoms with Crippen LogP contribution in [0.1, 0.15) is 25.3 Å². The molecule has 2 aliphatic heterocycles. The Morgan fingerprint density at radius 2 is 0.658 bits per heavy atom. The van der Waals surface area contributed by atoms with Crippen molar-refractivity contribution in [3.63, 3.8) is 0 Å². The average Bonchev–Trinajstić information content (AvgIpc) is 3.60. The molecule has 0 radical (unpaired) electrons. The summed E-state index contributed by atoms with van der Waals surface area (Å²) in [6, 6.07) is 98.7. The third-order valence-electron chi connectivity index (χ3n) is 15.3. The van der Waals surface area contributed by atoms with Gasteiger partial charge in [-0.25, -0.2) is 0 Å². The van der Waals surface area contributed by atoms with Crippen LogP contribution in [0.5, 0.6) is 0 Å². The Morgan fingerprint density at radius 3 is 1.07 bits per heavy atom. The van der Waals surface area contributed by atoms with Crippen LogP contribution in [0.3, 0.4) is 0 Å². The van der Waals surface area contributed by atoms with Crippen LogP contribution < -0.4 is 26.2 Å². The van der Waals surface area contributed by atoms with Crippen molar-refractivity contribution in [1.29, 1.82) is 0 Å². The van der Waals surface area contributed by atoms with Gasteiger partial charge >= 0.3 is 0 Å². The standard InChI is InChI=1S/C71H51BN2S2/c1-47(2)49-40-50(42-52(41-49)70-61-34-20-18-32-59(61)69(48-22-8-3-9-23-48)60-33-19-21-35-62(60)70)51-43-67-71-68(44-51)76-66-46-58(74(55-28-14-6-15-29-55)56-30-16-7-17-31-56)37-39-64(66)72(71)63-38-36-57(45-65(63)75-67)73(53-24-10-4-11-25-53)54-26-12-5-13-27-54/h3-47H,1-2H3. The first kappa shape index (κ1) is 46.1. The number of anilines is 6. The Morgan fingerprint density at radius 1 is 0.303 bits per heavy atom. The molecule has 0 spiro atoms. The lowest BCUT2D eigenvalue weighted by Crippen LogP contribution is -2.58. The summed E-state index contributed by atoms with van der Waals surface area (Å²) in [6.07, 6.45) is 0. The van der Waals surface area contributed by atoms with Crippen LogP contribution >= 0.6 is 23.5 Å². The molecule has 0 aliphatic carbocycles. The summed E-state index contributed by atoms with van der Waals surface area (Å²) in [6.45, 7) is 4.71. The number of rotatable bonds is 10. The molecule has 0 aromatic heterocycles. The first-order valence-corrected chi connectivity index (χ1v) is 27.9. The van der Waals surface area contributed by atoms with Crippen molar-refractivity contribution in [2.24, 2.45) is 0 Å². The molecule has 14 rings (SSSR count). The molecular formula is C71H51BN2S2. The minimum Gasteiger partial charge on any atom is -0.310 e. The lowest BCUT2D eigenvalue weighted by Gasteiger charge is -2.35. The molecule has 0 saturated carbocycles. The largest absolute Gasteiger partial charge is 0.310 e. The van der Waals surface area contributed by atoms with E-state index in [1.54, 1.807) is 0 Å². The van der Waals surface area contributed by atoms with Gasteiger partial charge in [-0.1, -0.05) is 224 Å². The van der Waals surface area contributed by atoms with Crippen molar-refractivity contribution < 1.29 is 0 Å². The fourth-order valence-electron chi connectivity index (χ4n) is 11.8. The molecule has 2 heterocycles. The first-order valence-electron chi connectivity index (χ1n) is 26.3. The molecule has 12 aromatic rings. The van der Waals surface area contributed by atoms with Crippen molar-refractivity contribution in [1.82, 2.24) is 0 Å². The summed E-state index contributed by atoms with van der Waals surface area (Å²) in [5.41, 5.74) is 19.7. The van der Waals surface area contributed by atoms with E-state index in [0.29, 0.717) is 5.92 Å². The van der Waals surface area contributed by atoms with Gasteiger partial charge in [0.25, 0.3) is 0 Å². The quantitative estimate of drug-likeness (QED) is 0.0994. The minimum atomic E-state index is 0.0527. The van der Waals surface area contributed by atoms with Gasteiger partial charge < -0.3 is 9.80 Å². The zero-order chi connectivity index (χ0) is 50.7. The van der Waals surface area contributed by atoms with E-state index in [-0.39, 0.29) is 6.71 Å². The van der Waals surface area contributed by atoms with Gasteiger partial charge in [-0.3, -0.25) is 0 Å². The molecular weight excluding hydrogens is 956 g/mol. The molecule has 0 amide bonds. The van der Waals surface area contributed by atoms with Gasteiger partial charge in [-0.05, 0) is 163 Å². The van der Waals surface area contributed by atoms with E-state index in [1.165, 1.54) is 96.5 Å². The number of para-hydroxylation sites is 4. The zero-order valence-corrected chi connectivity index (χ0v) is 43.9. The highest BCUT2D eigenvalue weighted by Crippen LogP contribution is 2.48. The van der Waals surface area contributed by atoms with Gasteiger partial charge in [0.1, 0.15) is 0 Å². The minimum absolute atomic E-state index is 0.0527. The molecule has 2 aliphatic rings. The molecule has 0 unspecified atom stereocenters. The van der Waals surface area contributed by atoms with Crippen LogP contribution in [-0.2, 0) is 0 Å². The Balaban J connectivity index is 0.971. The van der Waals surface area contributed by atoms with E-state index in [1.807, 2.05) is 23.5 Å². The highest BCUT2D eigenvalue weighted by molar-refractivity contribution is 8.01. The molecule has 76 heavy (non-hydrogen) atoms. The van der Waals surface area contributed by atoms with E-state index in [0.717, 1.165) is 34.1 Å². The van der Waals surface area contributed by atoms with Crippen molar-refractivity contribution in [3.8, 4) is 33.4 Å². The molecule has 2 nitrogen and oxygen atoms in total. The highest BCUT2D eigenvalue weighted by atomic mass is 32.2. The predicted octanol–water partition coefficient (Wildman–Crippen LogP) is 18.5. The van der Waals surface area contributed by atoms with Crippen LogP contribution in [0, 0.1) is 0 Å². The van der Waals surface area contributed by atoms with Crippen LogP contribution in [0.4, 0.5) is 34.1 Å². The van der Waals surface area contributed by atoms with E-state index >= 15 is 0 Å². The van der Waals surface area contributed by atoms with E-state index < -0.39 is 0 Å². The smallest absolute Gasteiger partial charge is 0.247 e. The monoisotopic (exact) mass is 1010 g/mol. The third-order valence-corrected chi connectivity index (χ3v) is 17.5. The third kappa shape index (κ3) is 8.10. The van der Waals surface area contributed by atoms with Crippen molar-refractivity contribution in [2.75, 3.05) is 9.80 Å². The summed E-state index contributed by atoms with van der Waals surface area (Å²) in [5, 5.41) is 5.06. The molecule has 5 heteroatoms. The second kappa shape index (κ2) is 19.3. The second-order valence-electron chi connectivity index (χ2n) is 20.2. The molecule has 0 fully saturated rings. The summed E-state index contributed by atoms with van der Waals surface area (Å²) < 4.78 is 0. The van der Waals surface area contributed by atoms with E-state index in [9.17, 15) is 0 Å². The van der Waals surface area contributed by atoms with Crippen LogP contribution in [0.15, 0.2) is 287 Å². The zero-order valence-electron chi connectivity index (χ0n) is 42.3. The maximum atomic E-state index is 2.50. The van der Waals surface area contributed by atoms with Crippen molar-refractivity contribution >= 4 is 102 Å². The molecule has 0 atom stereocenters. The van der Waals surface area contributed by atoms with Crippen LogP contribution in [0.2, 0.25) is 0 Å². The Kier molecular flexibility index (Phi) is 11.7. The lowest BCUT2D eigenvalue weighted by atomic mass is 9.36. The number of hydrogen-bond acceptors (Lipinski definition) is 4. The number of nitrogens with zero attached hydrogens (tertiary/aromatic N) is 2. The van der Waals surface area contributed by atoms with Crippen LogP contribution in [0.25, 0.3) is 54.9 Å².